The Labute approximate surface area is 84.6 Å². The molecule has 0 atom stereocenters. The predicted octanol–water partition coefficient (Wildman–Crippen LogP) is 2.25. The maximum atomic E-state index is 7.95. The Balaban J connectivity index is 2.28. The summed E-state index contributed by atoms with van der Waals surface area (Å²) >= 11 is 0. The molecule has 1 aromatic rings. The maximum absolute atomic E-state index is 7.95. The lowest BCUT2D eigenvalue weighted by Crippen LogP contribution is -1.99. The zero-order valence-corrected chi connectivity index (χ0v) is 7.48. The normalized spacial score (nSPS) is 31.1. The topological polar surface area (TPSA) is 26.0 Å². The molecule has 0 bridgehead atoms. The minimum atomic E-state index is -1.35. The summed E-state index contributed by atoms with van der Waals surface area (Å²) in [5.74, 6) is 0. The number of aryl methyl sites for hydroxylation is 2. The van der Waals surface area contributed by atoms with Crippen molar-refractivity contribution in [3.8, 4) is 0 Å². The maximum Gasteiger partial charge on any atom is 0.0384 e. The van der Waals surface area contributed by atoms with Crippen LogP contribution < -0.4 is 5.73 Å². The van der Waals surface area contributed by atoms with Gasteiger partial charge in [-0.3, -0.25) is 0 Å². The molecular formula is C12H15N. The largest absolute Gasteiger partial charge is 0.398 e. The first-order chi connectivity index (χ1) is 7.83. The first-order valence-electron chi connectivity index (χ1n) is 6.78. The quantitative estimate of drug-likeness (QED) is 0.604. The molecule has 2 aliphatic rings. The van der Waals surface area contributed by atoms with Crippen molar-refractivity contribution in [3.63, 3.8) is 0 Å². The number of benzene rings is 1. The molecule has 0 radical (unpaired) electrons. The number of nitrogens with two attached hydrogens (primary N) is 1. The molecule has 1 aromatic carbocycles. The smallest absolute Gasteiger partial charge is 0.0384 e. The van der Waals surface area contributed by atoms with Crippen LogP contribution in [-0.2, 0) is 25.6 Å². The van der Waals surface area contributed by atoms with E-state index in [0.717, 1.165) is 11.1 Å². The Kier molecular flexibility index (Phi) is 0.866. The summed E-state index contributed by atoms with van der Waals surface area (Å²) in [6, 6.07) is 1.72. The third kappa shape index (κ3) is 0.932. The molecule has 1 heteroatoms. The molecule has 2 N–H and O–H groups in total. The number of hydrogen-bond donors (Lipinski definition) is 1. The summed E-state index contributed by atoms with van der Waals surface area (Å²) in [7, 11) is 0. The Hall–Kier alpha value is -0.980. The van der Waals surface area contributed by atoms with Crippen LogP contribution >= 0.6 is 0 Å². The van der Waals surface area contributed by atoms with E-state index in [4.69, 9.17) is 11.2 Å². The van der Waals surface area contributed by atoms with Gasteiger partial charge in [-0.2, -0.15) is 0 Å². The molecule has 0 fully saturated rings. The number of anilines is 1. The van der Waals surface area contributed by atoms with Gasteiger partial charge in [-0.1, -0.05) is 6.07 Å². The van der Waals surface area contributed by atoms with E-state index in [0.29, 0.717) is 42.5 Å². The lowest BCUT2D eigenvalue weighted by molar-refractivity contribution is 0.898. The van der Waals surface area contributed by atoms with Gasteiger partial charge >= 0.3 is 0 Å². The second kappa shape index (κ2) is 2.50. The van der Waals surface area contributed by atoms with Crippen LogP contribution in [0.1, 0.15) is 40.6 Å². The molecule has 1 nitrogen and oxygen atoms in total. The lowest BCUT2D eigenvalue weighted by atomic mass is 9.99. The monoisotopic (exact) mass is 177 g/mol. The molecule has 68 valence electrons. The molecule has 0 saturated carbocycles. The average Bonchev–Trinajstić information content (AvgIpc) is 2.68. The fourth-order valence-electron chi connectivity index (χ4n) is 2.29. The van der Waals surface area contributed by atoms with Crippen LogP contribution in [0.2, 0.25) is 0 Å². The van der Waals surface area contributed by atoms with Gasteiger partial charge in [0.05, 0.1) is 0 Å². The van der Waals surface area contributed by atoms with Crippen LogP contribution in [0.4, 0.5) is 5.69 Å². The van der Waals surface area contributed by atoms with Gasteiger partial charge in [0.2, 0.25) is 0 Å². The highest BCUT2D eigenvalue weighted by atomic mass is 14.6. The van der Waals surface area contributed by atoms with Crippen molar-refractivity contribution in [1.29, 1.82) is 0 Å². The van der Waals surface area contributed by atoms with E-state index in [1.165, 1.54) is 0 Å². The molecule has 13 heavy (non-hydrogen) atoms. The second-order valence-corrected chi connectivity index (χ2v) is 3.70. The van der Waals surface area contributed by atoms with Crippen molar-refractivity contribution >= 4 is 5.69 Å². The second-order valence-electron chi connectivity index (χ2n) is 3.70. The third-order valence-electron chi connectivity index (χ3n) is 2.97. The Morgan fingerprint density at radius 2 is 1.62 bits per heavy atom. The van der Waals surface area contributed by atoms with Gasteiger partial charge in [-0.15, -0.1) is 0 Å². The molecule has 2 aliphatic carbocycles. The number of fused-ring (bicyclic) bond motifs is 2. The zero-order valence-electron chi connectivity index (χ0n) is 11.5. The van der Waals surface area contributed by atoms with Crippen molar-refractivity contribution in [2.75, 3.05) is 5.73 Å². The SMILES string of the molecule is [2H]C1([2H])CCc2c1cc1c(c2N)CCC1([2H])[2H]. The minimum absolute atomic E-state index is 0.457. The summed E-state index contributed by atoms with van der Waals surface area (Å²) in [6.07, 6.45) is -0.444. The van der Waals surface area contributed by atoms with Gasteiger partial charge in [0, 0.05) is 11.2 Å². The molecule has 0 amide bonds. The van der Waals surface area contributed by atoms with Gasteiger partial charge in [-0.25, -0.2) is 0 Å². The minimum Gasteiger partial charge on any atom is -0.398 e. The van der Waals surface area contributed by atoms with Crippen LogP contribution in [0.15, 0.2) is 6.07 Å². The molecule has 0 aliphatic heterocycles. The van der Waals surface area contributed by atoms with Crippen molar-refractivity contribution in [1.82, 2.24) is 0 Å². The Morgan fingerprint density at radius 1 is 1.08 bits per heavy atom. The Morgan fingerprint density at radius 3 is 2.15 bits per heavy atom. The first-order valence-corrected chi connectivity index (χ1v) is 4.78. The van der Waals surface area contributed by atoms with Crippen LogP contribution in [0.3, 0.4) is 0 Å². The van der Waals surface area contributed by atoms with Crippen LogP contribution in [0.25, 0.3) is 0 Å². The van der Waals surface area contributed by atoms with Gasteiger partial charge in [-0.05, 0) is 60.7 Å². The highest BCUT2D eigenvalue weighted by Gasteiger charge is 2.21. The fourth-order valence-corrected chi connectivity index (χ4v) is 2.29. The van der Waals surface area contributed by atoms with E-state index in [-0.39, 0.29) is 0 Å². The van der Waals surface area contributed by atoms with Crippen molar-refractivity contribution in [3.05, 3.63) is 28.3 Å². The van der Waals surface area contributed by atoms with Crippen molar-refractivity contribution in [2.24, 2.45) is 0 Å². The van der Waals surface area contributed by atoms with E-state index >= 15 is 0 Å². The zero-order chi connectivity index (χ0) is 12.4. The lowest BCUT2D eigenvalue weighted by Gasteiger charge is -2.10. The van der Waals surface area contributed by atoms with Crippen LogP contribution in [0, 0.1) is 0 Å². The standard InChI is InChI=1S/C12H15N/c13-12-10-5-1-3-8(10)7-9-4-2-6-11(9)12/h7H,1-6,13H2/i3D2,4D2. The molecule has 0 aromatic heterocycles. The number of hydrogen-bond acceptors (Lipinski definition) is 1. The van der Waals surface area contributed by atoms with E-state index in [1.54, 1.807) is 6.07 Å². The van der Waals surface area contributed by atoms with E-state index < -0.39 is 12.7 Å². The summed E-state index contributed by atoms with van der Waals surface area (Å²) in [4.78, 5) is 0. The van der Waals surface area contributed by atoms with Gasteiger partial charge in [0.25, 0.3) is 0 Å². The summed E-state index contributed by atoms with van der Waals surface area (Å²) < 4.78 is 31.8. The van der Waals surface area contributed by atoms with Gasteiger partial charge < -0.3 is 5.73 Å². The molecule has 0 heterocycles. The highest BCUT2D eigenvalue weighted by molar-refractivity contribution is 5.63. The molecular weight excluding hydrogens is 158 g/mol. The highest BCUT2D eigenvalue weighted by Crippen LogP contribution is 2.36. The number of nitrogen functional groups attached to an aromatic ring is 1. The van der Waals surface area contributed by atoms with Crippen LogP contribution in [-0.4, -0.2) is 0 Å². The van der Waals surface area contributed by atoms with Gasteiger partial charge in [0.1, 0.15) is 0 Å². The molecule has 0 spiro atoms. The molecule has 3 rings (SSSR count). The van der Waals surface area contributed by atoms with Crippen LogP contribution in [0.5, 0.6) is 0 Å². The van der Waals surface area contributed by atoms with E-state index in [9.17, 15) is 0 Å². The van der Waals surface area contributed by atoms with E-state index in [1.807, 2.05) is 0 Å². The number of rotatable bonds is 0. The molecule has 0 saturated heterocycles. The fraction of sp³-hybridized carbons (Fsp3) is 0.500. The summed E-state index contributed by atoms with van der Waals surface area (Å²) in [5.41, 5.74) is 9.77. The predicted molar refractivity (Wildman–Crippen MR) is 54.9 cm³/mol. The van der Waals surface area contributed by atoms with Crippen molar-refractivity contribution < 1.29 is 5.48 Å². The summed E-state index contributed by atoms with van der Waals surface area (Å²) in [6.45, 7) is 0. The Bertz CT molecular complexity index is 465. The van der Waals surface area contributed by atoms with E-state index in [2.05, 4.69) is 0 Å². The van der Waals surface area contributed by atoms with Gasteiger partial charge in [0.15, 0.2) is 0 Å². The average molecular weight is 177 g/mol. The van der Waals surface area contributed by atoms with Crippen molar-refractivity contribution in [2.45, 2.75) is 38.4 Å². The molecule has 0 unspecified atom stereocenters. The third-order valence-corrected chi connectivity index (χ3v) is 2.97. The summed E-state index contributed by atoms with van der Waals surface area (Å²) in [5, 5.41) is 0. The first kappa shape index (κ1) is 4.50.